The molecule has 166 valence electrons. The molecule has 33 heavy (non-hydrogen) atoms. The van der Waals surface area contributed by atoms with Crippen LogP contribution in [0.5, 0.6) is 11.5 Å². The molecule has 0 spiro atoms. The van der Waals surface area contributed by atoms with Crippen molar-refractivity contribution in [1.29, 1.82) is 0 Å². The van der Waals surface area contributed by atoms with Gasteiger partial charge in [-0.25, -0.2) is 0 Å². The SMILES string of the molecule is Cc1cc2c(CC(=O)O)cccc2n1C(=O)c1ccc(OC[C@H]2Cc3ccccc3O2)cc1. The van der Waals surface area contributed by atoms with Crippen LogP contribution in [0.15, 0.2) is 72.8 Å². The van der Waals surface area contributed by atoms with E-state index in [-0.39, 0.29) is 18.4 Å². The van der Waals surface area contributed by atoms with E-state index in [1.54, 1.807) is 41.0 Å². The lowest BCUT2D eigenvalue weighted by Gasteiger charge is -2.13. The molecule has 0 saturated heterocycles. The maximum atomic E-state index is 13.3. The fraction of sp³-hybridized carbons (Fsp3) is 0.185. The molecule has 1 aliphatic rings. The highest BCUT2D eigenvalue weighted by Crippen LogP contribution is 2.29. The van der Waals surface area contributed by atoms with Crippen molar-refractivity contribution < 1.29 is 24.2 Å². The zero-order chi connectivity index (χ0) is 22.9. The van der Waals surface area contributed by atoms with E-state index < -0.39 is 5.97 Å². The number of carboxylic acids is 1. The van der Waals surface area contributed by atoms with Gasteiger partial charge < -0.3 is 14.6 Å². The van der Waals surface area contributed by atoms with Crippen LogP contribution in [-0.2, 0) is 17.6 Å². The first-order chi connectivity index (χ1) is 16.0. The Morgan fingerprint density at radius 3 is 2.61 bits per heavy atom. The van der Waals surface area contributed by atoms with E-state index in [0.29, 0.717) is 29.0 Å². The first kappa shape index (κ1) is 20.8. The van der Waals surface area contributed by atoms with Crippen LogP contribution in [0.25, 0.3) is 10.9 Å². The third-order valence-electron chi connectivity index (χ3n) is 5.92. The summed E-state index contributed by atoms with van der Waals surface area (Å²) < 4.78 is 13.4. The number of ether oxygens (including phenoxy) is 2. The Morgan fingerprint density at radius 1 is 1.06 bits per heavy atom. The van der Waals surface area contributed by atoms with E-state index in [0.717, 1.165) is 23.3 Å². The molecule has 6 nitrogen and oxygen atoms in total. The average Bonchev–Trinajstić information content (AvgIpc) is 3.38. The van der Waals surface area contributed by atoms with Crippen molar-refractivity contribution in [2.75, 3.05) is 6.61 Å². The minimum absolute atomic E-state index is 0.0300. The summed E-state index contributed by atoms with van der Waals surface area (Å²) in [5, 5.41) is 9.96. The Labute approximate surface area is 191 Å². The Balaban J connectivity index is 1.31. The zero-order valence-corrected chi connectivity index (χ0v) is 18.2. The summed E-state index contributed by atoms with van der Waals surface area (Å²) in [5.74, 6) is 0.509. The normalized spacial score (nSPS) is 14.6. The summed E-state index contributed by atoms with van der Waals surface area (Å²) in [6.07, 6.45) is 0.700. The number of hydrogen-bond donors (Lipinski definition) is 1. The van der Waals surface area contributed by atoms with Gasteiger partial charge in [-0.05, 0) is 60.5 Å². The highest BCUT2D eigenvalue weighted by Gasteiger charge is 2.23. The zero-order valence-electron chi connectivity index (χ0n) is 18.2. The number of nitrogens with zero attached hydrogens (tertiary/aromatic N) is 1. The molecule has 1 aliphatic heterocycles. The van der Waals surface area contributed by atoms with Crippen LogP contribution in [0, 0.1) is 6.92 Å². The second-order valence-electron chi connectivity index (χ2n) is 8.23. The molecule has 1 aromatic heterocycles. The second kappa shape index (κ2) is 8.47. The van der Waals surface area contributed by atoms with Crippen LogP contribution in [0.2, 0.25) is 0 Å². The number of fused-ring (bicyclic) bond motifs is 2. The standard InChI is InChI=1S/C27H23NO5/c1-17-13-23-19(15-26(29)30)6-4-7-24(23)28(17)27(31)18-9-11-21(12-10-18)32-16-22-14-20-5-2-3-8-25(20)33-22/h2-13,22H,14-16H2,1H3,(H,29,30)/t22-/m1/s1. The van der Waals surface area contributed by atoms with Crippen molar-refractivity contribution >= 4 is 22.8 Å². The summed E-state index contributed by atoms with van der Waals surface area (Å²) in [5.41, 5.74) is 3.86. The summed E-state index contributed by atoms with van der Waals surface area (Å²) in [6.45, 7) is 2.27. The molecule has 1 atom stereocenters. The van der Waals surface area contributed by atoms with E-state index in [4.69, 9.17) is 9.47 Å². The number of carbonyl (C=O) groups excluding carboxylic acids is 1. The van der Waals surface area contributed by atoms with Crippen LogP contribution in [-0.4, -0.2) is 34.3 Å². The maximum Gasteiger partial charge on any atom is 0.307 e. The van der Waals surface area contributed by atoms with E-state index in [1.165, 1.54) is 5.56 Å². The molecule has 2 heterocycles. The number of rotatable bonds is 6. The van der Waals surface area contributed by atoms with Crippen LogP contribution < -0.4 is 9.47 Å². The van der Waals surface area contributed by atoms with Gasteiger partial charge in [0, 0.05) is 23.1 Å². The number of aryl methyl sites for hydroxylation is 1. The van der Waals surface area contributed by atoms with Gasteiger partial charge in [0.25, 0.3) is 5.91 Å². The molecule has 0 saturated carbocycles. The van der Waals surface area contributed by atoms with Crippen LogP contribution in [0.1, 0.15) is 27.2 Å². The molecule has 5 rings (SSSR count). The van der Waals surface area contributed by atoms with Gasteiger partial charge in [-0.3, -0.25) is 14.2 Å². The first-order valence-corrected chi connectivity index (χ1v) is 10.8. The lowest BCUT2D eigenvalue weighted by atomic mass is 10.1. The number of hydrogen-bond acceptors (Lipinski definition) is 4. The smallest absolute Gasteiger partial charge is 0.307 e. The molecule has 0 unspecified atom stereocenters. The molecule has 0 bridgehead atoms. The Hall–Kier alpha value is -4.06. The van der Waals surface area contributed by atoms with Gasteiger partial charge in [-0.1, -0.05) is 30.3 Å². The van der Waals surface area contributed by atoms with E-state index in [1.807, 2.05) is 37.3 Å². The molecule has 1 N–H and O–H groups in total. The summed E-state index contributed by atoms with van der Waals surface area (Å²) in [7, 11) is 0. The van der Waals surface area contributed by atoms with Gasteiger partial charge in [0.05, 0.1) is 11.9 Å². The summed E-state index contributed by atoms with van der Waals surface area (Å²) in [4.78, 5) is 24.5. The molecular weight excluding hydrogens is 418 g/mol. The van der Waals surface area contributed by atoms with E-state index in [9.17, 15) is 14.7 Å². The summed E-state index contributed by atoms with van der Waals surface area (Å²) >= 11 is 0. The lowest BCUT2D eigenvalue weighted by molar-refractivity contribution is -0.136. The fourth-order valence-electron chi connectivity index (χ4n) is 4.37. The van der Waals surface area contributed by atoms with Crippen molar-refractivity contribution in [3.8, 4) is 11.5 Å². The predicted molar refractivity (Wildman–Crippen MR) is 124 cm³/mol. The number of aliphatic carboxylic acids is 1. The topological polar surface area (TPSA) is 77.8 Å². The van der Waals surface area contributed by atoms with Crippen molar-refractivity contribution in [3.63, 3.8) is 0 Å². The third kappa shape index (κ3) is 4.07. The molecule has 0 amide bonds. The molecule has 4 aromatic rings. The molecule has 6 heteroatoms. The number of benzene rings is 3. The lowest BCUT2D eigenvalue weighted by Crippen LogP contribution is -2.22. The Morgan fingerprint density at radius 2 is 1.85 bits per heavy atom. The van der Waals surface area contributed by atoms with Crippen molar-refractivity contribution in [1.82, 2.24) is 4.57 Å². The van der Waals surface area contributed by atoms with Crippen molar-refractivity contribution in [3.05, 3.63) is 95.2 Å². The van der Waals surface area contributed by atoms with Crippen LogP contribution in [0.3, 0.4) is 0 Å². The highest BCUT2D eigenvalue weighted by atomic mass is 16.5. The van der Waals surface area contributed by atoms with E-state index in [2.05, 4.69) is 6.07 Å². The molecule has 0 radical (unpaired) electrons. The van der Waals surface area contributed by atoms with Crippen molar-refractivity contribution in [2.24, 2.45) is 0 Å². The number of carboxylic acid groups (broad SMARTS) is 1. The maximum absolute atomic E-state index is 13.3. The highest BCUT2D eigenvalue weighted by molar-refractivity contribution is 6.04. The Kier molecular flexibility index (Phi) is 5.34. The minimum atomic E-state index is -0.901. The second-order valence-corrected chi connectivity index (χ2v) is 8.23. The van der Waals surface area contributed by atoms with E-state index >= 15 is 0 Å². The predicted octanol–water partition coefficient (Wildman–Crippen LogP) is 4.65. The number of para-hydroxylation sites is 1. The molecule has 0 aliphatic carbocycles. The van der Waals surface area contributed by atoms with Gasteiger partial charge in [0.1, 0.15) is 24.2 Å². The monoisotopic (exact) mass is 441 g/mol. The largest absolute Gasteiger partial charge is 0.490 e. The quantitative estimate of drug-likeness (QED) is 0.471. The van der Waals surface area contributed by atoms with Gasteiger partial charge in [-0.15, -0.1) is 0 Å². The van der Waals surface area contributed by atoms with Crippen LogP contribution in [0.4, 0.5) is 0 Å². The van der Waals surface area contributed by atoms with Crippen LogP contribution >= 0.6 is 0 Å². The van der Waals surface area contributed by atoms with Gasteiger partial charge in [0.2, 0.25) is 0 Å². The number of carbonyl (C=O) groups is 2. The van der Waals surface area contributed by atoms with Crippen molar-refractivity contribution in [2.45, 2.75) is 25.9 Å². The summed E-state index contributed by atoms with van der Waals surface area (Å²) in [6, 6.07) is 22.3. The minimum Gasteiger partial charge on any atom is -0.490 e. The Bertz CT molecular complexity index is 1330. The third-order valence-corrected chi connectivity index (χ3v) is 5.92. The van der Waals surface area contributed by atoms with Gasteiger partial charge >= 0.3 is 5.97 Å². The average molecular weight is 441 g/mol. The van der Waals surface area contributed by atoms with Gasteiger partial charge in [0.15, 0.2) is 0 Å². The van der Waals surface area contributed by atoms with Gasteiger partial charge in [-0.2, -0.15) is 0 Å². The first-order valence-electron chi connectivity index (χ1n) is 10.8. The number of aromatic nitrogens is 1. The molecule has 3 aromatic carbocycles. The molecule has 0 fully saturated rings. The fourth-order valence-corrected chi connectivity index (χ4v) is 4.37. The molecular formula is C27H23NO5.